The first kappa shape index (κ1) is 13.2. The summed E-state index contributed by atoms with van der Waals surface area (Å²) in [7, 11) is 0. The molecule has 19 heavy (non-hydrogen) atoms. The van der Waals surface area contributed by atoms with E-state index in [9.17, 15) is 0 Å². The molecular formula is C18H27N. The predicted molar refractivity (Wildman–Crippen MR) is 81.5 cm³/mol. The van der Waals surface area contributed by atoms with Gasteiger partial charge in [0.15, 0.2) is 0 Å². The fraction of sp³-hybridized carbons (Fsp3) is 0.667. The zero-order chi connectivity index (χ0) is 13.5. The second-order valence-corrected chi connectivity index (χ2v) is 7.58. The lowest BCUT2D eigenvalue weighted by molar-refractivity contribution is 0.323. The van der Waals surface area contributed by atoms with E-state index < -0.39 is 0 Å². The minimum absolute atomic E-state index is 0.262. The van der Waals surface area contributed by atoms with Crippen LogP contribution in [0, 0.1) is 5.92 Å². The molecular weight excluding hydrogens is 230 g/mol. The van der Waals surface area contributed by atoms with Gasteiger partial charge in [0.05, 0.1) is 0 Å². The molecule has 0 spiro atoms. The second-order valence-electron chi connectivity index (χ2n) is 7.58. The first-order valence-corrected chi connectivity index (χ1v) is 7.84. The smallest absolute Gasteiger partial charge is 0.0250 e. The van der Waals surface area contributed by atoms with E-state index in [2.05, 4.69) is 50.4 Å². The van der Waals surface area contributed by atoms with Crippen molar-refractivity contribution in [2.45, 2.75) is 63.8 Å². The van der Waals surface area contributed by atoms with Crippen molar-refractivity contribution < 1.29 is 0 Å². The summed E-state index contributed by atoms with van der Waals surface area (Å²) in [5.74, 6) is 0.942. The van der Waals surface area contributed by atoms with Gasteiger partial charge in [-0.1, -0.05) is 45.0 Å². The molecule has 3 rings (SSSR count). The van der Waals surface area contributed by atoms with Crippen molar-refractivity contribution in [1.82, 2.24) is 5.32 Å². The van der Waals surface area contributed by atoms with E-state index in [4.69, 9.17) is 0 Å². The Kier molecular flexibility index (Phi) is 3.21. The zero-order valence-electron chi connectivity index (χ0n) is 12.6. The summed E-state index contributed by atoms with van der Waals surface area (Å²) in [5.41, 5.74) is 3.65. The van der Waals surface area contributed by atoms with Crippen LogP contribution < -0.4 is 5.32 Å². The van der Waals surface area contributed by atoms with E-state index in [0.29, 0.717) is 5.54 Å². The summed E-state index contributed by atoms with van der Waals surface area (Å²) in [6, 6.07) is 9.35. The van der Waals surface area contributed by atoms with Crippen LogP contribution in [0.4, 0.5) is 0 Å². The molecule has 1 nitrogen and oxygen atoms in total. The van der Waals surface area contributed by atoms with E-state index in [1.54, 1.807) is 0 Å². The number of hydrogen-bond donors (Lipinski definition) is 1. The lowest BCUT2D eigenvalue weighted by atomic mass is 9.82. The Hall–Kier alpha value is -0.820. The molecule has 104 valence electrons. The highest BCUT2D eigenvalue weighted by molar-refractivity contribution is 5.29. The molecule has 1 saturated carbocycles. The molecule has 0 bridgehead atoms. The minimum Gasteiger partial charge on any atom is -0.311 e. The first-order valence-electron chi connectivity index (χ1n) is 7.84. The van der Waals surface area contributed by atoms with Gasteiger partial charge in [0.25, 0.3) is 0 Å². The Labute approximate surface area is 117 Å². The maximum Gasteiger partial charge on any atom is 0.0250 e. The van der Waals surface area contributed by atoms with Crippen molar-refractivity contribution in [3.8, 4) is 0 Å². The Morgan fingerprint density at radius 2 is 1.84 bits per heavy atom. The molecule has 0 radical (unpaired) electrons. The molecule has 2 aliphatic rings. The minimum atomic E-state index is 0.262. The third kappa shape index (κ3) is 2.72. The monoisotopic (exact) mass is 257 g/mol. The molecule has 1 aromatic rings. The standard InChI is InChI=1S/C18H27N/c1-17(2,3)15-7-5-14(6-8-15)13-18(16-9-10-16)11-4-12-19-18/h5-8,16,19H,4,9-13H2,1-3H3. The van der Waals surface area contributed by atoms with E-state index in [1.807, 2.05) is 0 Å². The molecule has 1 aliphatic carbocycles. The lowest BCUT2D eigenvalue weighted by Gasteiger charge is -2.30. The van der Waals surface area contributed by atoms with Gasteiger partial charge in [0, 0.05) is 5.54 Å². The first-order chi connectivity index (χ1) is 9.00. The van der Waals surface area contributed by atoms with Gasteiger partial charge >= 0.3 is 0 Å². The Balaban J connectivity index is 1.76. The second kappa shape index (κ2) is 4.63. The van der Waals surface area contributed by atoms with Crippen LogP contribution in [0.3, 0.4) is 0 Å². The summed E-state index contributed by atoms with van der Waals surface area (Å²) < 4.78 is 0. The molecule has 1 aliphatic heterocycles. The normalized spacial score (nSPS) is 27.7. The number of hydrogen-bond acceptors (Lipinski definition) is 1. The van der Waals surface area contributed by atoms with Gasteiger partial charge in [-0.15, -0.1) is 0 Å². The number of nitrogens with one attached hydrogen (secondary N) is 1. The molecule has 1 heterocycles. The van der Waals surface area contributed by atoms with Gasteiger partial charge in [-0.25, -0.2) is 0 Å². The van der Waals surface area contributed by atoms with Gasteiger partial charge in [-0.05, 0) is 61.1 Å². The number of rotatable bonds is 3. The van der Waals surface area contributed by atoms with Crippen LogP contribution in [0.2, 0.25) is 0 Å². The highest BCUT2D eigenvalue weighted by Gasteiger charge is 2.46. The molecule has 0 amide bonds. The molecule has 0 aromatic heterocycles. The van der Waals surface area contributed by atoms with Crippen molar-refractivity contribution in [2.24, 2.45) is 5.92 Å². The maximum absolute atomic E-state index is 3.83. The summed E-state index contributed by atoms with van der Waals surface area (Å²) in [6.07, 6.45) is 6.83. The van der Waals surface area contributed by atoms with Crippen molar-refractivity contribution >= 4 is 0 Å². The van der Waals surface area contributed by atoms with E-state index in [0.717, 1.165) is 5.92 Å². The Bertz CT molecular complexity index is 428. The topological polar surface area (TPSA) is 12.0 Å². The van der Waals surface area contributed by atoms with Gasteiger partial charge in [-0.2, -0.15) is 0 Å². The quantitative estimate of drug-likeness (QED) is 0.861. The van der Waals surface area contributed by atoms with Gasteiger partial charge in [0.1, 0.15) is 0 Å². The van der Waals surface area contributed by atoms with E-state index in [-0.39, 0.29) is 5.41 Å². The number of benzene rings is 1. The van der Waals surface area contributed by atoms with E-state index in [1.165, 1.54) is 49.8 Å². The molecule has 1 heteroatoms. The fourth-order valence-electron chi connectivity index (χ4n) is 3.60. The summed E-state index contributed by atoms with van der Waals surface area (Å²) in [6.45, 7) is 8.07. The largest absolute Gasteiger partial charge is 0.311 e. The highest BCUT2D eigenvalue weighted by atomic mass is 15.0. The molecule has 2 fully saturated rings. The lowest BCUT2D eigenvalue weighted by Crippen LogP contribution is -2.44. The van der Waals surface area contributed by atoms with Crippen LogP contribution in [0.15, 0.2) is 24.3 Å². The molecule has 1 saturated heterocycles. The van der Waals surface area contributed by atoms with Crippen LogP contribution in [0.25, 0.3) is 0 Å². The van der Waals surface area contributed by atoms with Crippen LogP contribution in [0.1, 0.15) is 57.6 Å². The van der Waals surface area contributed by atoms with Crippen LogP contribution in [-0.2, 0) is 11.8 Å². The van der Waals surface area contributed by atoms with Crippen molar-refractivity contribution in [1.29, 1.82) is 0 Å². The Morgan fingerprint density at radius 1 is 1.16 bits per heavy atom. The van der Waals surface area contributed by atoms with Gasteiger partial charge in [0.2, 0.25) is 0 Å². The highest BCUT2D eigenvalue weighted by Crippen LogP contribution is 2.45. The fourth-order valence-corrected chi connectivity index (χ4v) is 3.60. The summed E-state index contributed by atoms with van der Waals surface area (Å²) in [4.78, 5) is 0. The van der Waals surface area contributed by atoms with Crippen LogP contribution in [-0.4, -0.2) is 12.1 Å². The SMILES string of the molecule is CC(C)(C)c1ccc(CC2(C3CC3)CCCN2)cc1. The third-order valence-corrected chi connectivity index (χ3v) is 4.98. The third-order valence-electron chi connectivity index (χ3n) is 4.98. The van der Waals surface area contributed by atoms with Gasteiger partial charge in [-0.3, -0.25) is 0 Å². The van der Waals surface area contributed by atoms with E-state index >= 15 is 0 Å². The van der Waals surface area contributed by atoms with Crippen molar-refractivity contribution in [3.63, 3.8) is 0 Å². The van der Waals surface area contributed by atoms with Gasteiger partial charge < -0.3 is 5.32 Å². The summed E-state index contributed by atoms with van der Waals surface area (Å²) in [5, 5.41) is 3.83. The molecule has 1 N–H and O–H groups in total. The van der Waals surface area contributed by atoms with Crippen LogP contribution in [0.5, 0.6) is 0 Å². The summed E-state index contributed by atoms with van der Waals surface area (Å²) >= 11 is 0. The average molecular weight is 257 g/mol. The maximum atomic E-state index is 3.83. The molecule has 1 atom stereocenters. The zero-order valence-corrected chi connectivity index (χ0v) is 12.6. The predicted octanol–water partition coefficient (Wildman–Crippen LogP) is 4.06. The van der Waals surface area contributed by atoms with Crippen molar-refractivity contribution in [3.05, 3.63) is 35.4 Å². The molecule has 1 aromatic carbocycles. The van der Waals surface area contributed by atoms with Crippen molar-refractivity contribution in [2.75, 3.05) is 6.54 Å². The molecule has 1 unspecified atom stereocenters. The van der Waals surface area contributed by atoms with Crippen LogP contribution >= 0.6 is 0 Å². The Morgan fingerprint density at radius 3 is 2.32 bits per heavy atom. The average Bonchev–Trinajstić information content (AvgIpc) is 3.12.